The van der Waals surface area contributed by atoms with Gasteiger partial charge in [0.2, 0.25) is 5.91 Å². The van der Waals surface area contributed by atoms with Crippen LogP contribution in [-0.2, 0) is 19.1 Å². The van der Waals surface area contributed by atoms with Crippen molar-refractivity contribution in [3.05, 3.63) is 0 Å². The van der Waals surface area contributed by atoms with Gasteiger partial charge >= 0.3 is 12.1 Å². The number of esters is 1. The Bertz CT molecular complexity index is 484. The monoisotopic (exact) mass is 409 g/mol. The maximum Gasteiger partial charge on any atom is 0.407 e. The lowest BCUT2D eigenvalue weighted by atomic mass is 10.1. The average molecular weight is 410 g/mol. The van der Waals surface area contributed by atoms with Crippen LogP contribution in [0, 0.1) is 0 Å². The Morgan fingerprint density at radius 1 is 0.963 bits per heavy atom. The second-order valence-corrected chi connectivity index (χ2v) is 8.31. The number of carbonyl (C=O) groups is 3. The van der Waals surface area contributed by atoms with Crippen LogP contribution in [0.25, 0.3) is 0 Å². The fraction of sp³-hybridized carbons (Fsp3) is 0.833. The lowest BCUT2D eigenvalue weighted by molar-refractivity contribution is -0.159. The number of rotatable bonds is 8. The first kappa shape index (κ1) is 27.7. The molecule has 0 aromatic carbocycles. The lowest BCUT2D eigenvalue weighted by Crippen LogP contribution is -2.49. The van der Waals surface area contributed by atoms with Gasteiger partial charge in [0, 0.05) is 6.54 Å². The number of amides is 2. The third kappa shape index (κ3) is 15.2. The van der Waals surface area contributed by atoms with E-state index in [1.54, 1.807) is 48.5 Å². The highest BCUT2D eigenvalue weighted by Gasteiger charge is 2.27. The van der Waals surface area contributed by atoms with E-state index in [0.29, 0.717) is 25.8 Å². The third-order valence-corrected chi connectivity index (χ3v) is 3.01. The summed E-state index contributed by atoms with van der Waals surface area (Å²) < 4.78 is 10.5. The van der Waals surface area contributed by atoms with Crippen molar-refractivity contribution < 1.29 is 23.9 Å². The standard InChI is InChI=1S/C18H35N3O5.ClH/c1-12(19)14(22)21-13(15(23)25-17(2,3)4)10-8-9-11-20-16(24)26-18(5,6)7;/h12-13H,8-11,19H2,1-7H3,(H,20,24)(H,21,22);1H/t12-,13-;/m0./s1. The maximum atomic E-state index is 12.3. The van der Waals surface area contributed by atoms with E-state index in [9.17, 15) is 14.4 Å². The summed E-state index contributed by atoms with van der Waals surface area (Å²) in [6.45, 7) is 12.6. The Balaban J connectivity index is 0. The van der Waals surface area contributed by atoms with Gasteiger partial charge in [-0.2, -0.15) is 0 Å². The molecule has 0 radical (unpaired) electrons. The number of hydrogen-bond donors (Lipinski definition) is 3. The Labute approximate surface area is 168 Å². The summed E-state index contributed by atoms with van der Waals surface area (Å²) in [6.07, 6.45) is 1.15. The summed E-state index contributed by atoms with van der Waals surface area (Å²) in [4.78, 5) is 35.7. The predicted octanol–water partition coefficient (Wildman–Crippen LogP) is 2.28. The SMILES string of the molecule is C[C@H](N)C(=O)N[C@@H](CCCCNC(=O)OC(C)(C)C)C(=O)OC(C)(C)C.Cl. The number of nitrogens with one attached hydrogen (secondary N) is 2. The Kier molecular flexibility index (Phi) is 12.3. The normalized spacial score (nSPS) is 13.6. The minimum Gasteiger partial charge on any atom is -0.458 e. The Morgan fingerprint density at radius 2 is 1.48 bits per heavy atom. The molecule has 4 N–H and O–H groups in total. The van der Waals surface area contributed by atoms with Crippen molar-refractivity contribution in [1.82, 2.24) is 10.6 Å². The molecule has 0 aromatic heterocycles. The zero-order chi connectivity index (χ0) is 20.5. The minimum atomic E-state index is -0.769. The molecule has 0 aliphatic heterocycles. The summed E-state index contributed by atoms with van der Waals surface area (Å²) in [6, 6.07) is -1.48. The quantitative estimate of drug-likeness (QED) is 0.418. The van der Waals surface area contributed by atoms with Gasteiger partial charge in [0.15, 0.2) is 0 Å². The van der Waals surface area contributed by atoms with Crippen LogP contribution in [0.15, 0.2) is 0 Å². The number of alkyl carbamates (subject to hydrolysis) is 1. The van der Waals surface area contributed by atoms with Crippen LogP contribution < -0.4 is 16.4 Å². The zero-order valence-corrected chi connectivity index (χ0v) is 18.3. The van der Waals surface area contributed by atoms with Gasteiger partial charge in [0.05, 0.1) is 6.04 Å². The van der Waals surface area contributed by atoms with Gasteiger partial charge in [-0.15, -0.1) is 12.4 Å². The summed E-state index contributed by atoms with van der Waals surface area (Å²) in [5, 5.41) is 5.27. The predicted molar refractivity (Wildman–Crippen MR) is 107 cm³/mol. The van der Waals surface area contributed by atoms with E-state index in [0.717, 1.165) is 0 Å². The molecule has 0 aliphatic carbocycles. The zero-order valence-electron chi connectivity index (χ0n) is 17.5. The van der Waals surface area contributed by atoms with Gasteiger partial charge in [-0.3, -0.25) is 4.79 Å². The lowest BCUT2D eigenvalue weighted by Gasteiger charge is -2.25. The van der Waals surface area contributed by atoms with Crippen LogP contribution in [0.2, 0.25) is 0 Å². The van der Waals surface area contributed by atoms with Gasteiger partial charge in [-0.25, -0.2) is 9.59 Å². The second kappa shape index (κ2) is 12.0. The molecule has 0 spiro atoms. The molecule has 0 bridgehead atoms. The molecule has 0 rings (SSSR count). The molecule has 0 saturated heterocycles. The molecule has 2 atom stereocenters. The molecule has 0 heterocycles. The largest absolute Gasteiger partial charge is 0.458 e. The molecule has 27 heavy (non-hydrogen) atoms. The molecule has 0 aliphatic rings. The molecule has 8 nitrogen and oxygen atoms in total. The Hall–Kier alpha value is -1.54. The summed E-state index contributed by atoms with van der Waals surface area (Å²) >= 11 is 0. The van der Waals surface area contributed by atoms with Crippen LogP contribution in [0.4, 0.5) is 4.79 Å². The minimum absolute atomic E-state index is 0. The summed E-state index contributed by atoms with van der Waals surface area (Å²) in [7, 11) is 0. The molecule has 9 heteroatoms. The smallest absolute Gasteiger partial charge is 0.407 e. The second-order valence-electron chi connectivity index (χ2n) is 8.31. The third-order valence-electron chi connectivity index (χ3n) is 3.01. The number of ether oxygens (including phenoxy) is 2. The molecular weight excluding hydrogens is 374 g/mol. The number of halogens is 1. The van der Waals surface area contributed by atoms with Crippen LogP contribution in [0.5, 0.6) is 0 Å². The van der Waals surface area contributed by atoms with Crippen molar-refractivity contribution in [2.45, 2.75) is 91.0 Å². The highest BCUT2D eigenvalue weighted by Crippen LogP contribution is 2.12. The van der Waals surface area contributed by atoms with Crippen LogP contribution in [-0.4, -0.2) is 47.8 Å². The number of unbranched alkanes of at least 4 members (excludes halogenated alkanes) is 1. The van der Waals surface area contributed by atoms with E-state index in [-0.39, 0.29) is 12.4 Å². The van der Waals surface area contributed by atoms with E-state index in [2.05, 4.69) is 10.6 Å². The number of nitrogens with two attached hydrogens (primary N) is 1. The molecule has 2 amide bonds. The van der Waals surface area contributed by atoms with Gasteiger partial charge in [-0.1, -0.05) is 0 Å². The fourth-order valence-corrected chi connectivity index (χ4v) is 1.90. The van der Waals surface area contributed by atoms with Crippen molar-refractivity contribution in [1.29, 1.82) is 0 Å². The van der Waals surface area contributed by atoms with Crippen molar-refractivity contribution in [2.24, 2.45) is 5.73 Å². The average Bonchev–Trinajstić information content (AvgIpc) is 2.41. The van der Waals surface area contributed by atoms with E-state index < -0.39 is 41.3 Å². The molecule has 0 saturated carbocycles. The molecule has 0 aromatic rings. The molecule has 160 valence electrons. The van der Waals surface area contributed by atoms with Gasteiger partial charge < -0.3 is 25.8 Å². The van der Waals surface area contributed by atoms with E-state index >= 15 is 0 Å². The Morgan fingerprint density at radius 3 is 1.93 bits per heavy atom. The van der Waals surface area contributed by atoms with Crippen LogP contribution in [0.3, 0.4) is 0 Å². The summed E-state index contributed by atoms with van der Waals surface area (Å²) in [5.41, 5.74) is 4.35. The maximum absolute atomic E-state index is 12.3. The first-order chi connectivity index (χ1) is 11.7. The first-order valence-electron chi connectivity index (χ1n) is 8.97. The number of carbonyl (C=O) groups excluding carboxylic acids is 3. The van der Waals surface area contributed by atoms with Crippen molar-refractivity contribution >= 4 is 30.4 Å². The van der Waals surface area contributed by atoms with Crippen molar-refractivity contribution in [2.75, 3.05) is 6.54 Å². The molecular formula is C18H36ClN3O5. The van der Waals surface area contributed by atoms with Crippen LogP contribution in [0.1, 0.15) is 67.7 Å². The topological polar surface area (TPSA) is 120 Å². The van der Waals surface area contributed by atoms with Gasteiger partial charge in [0.25, 0.3) is 0 Å². The van der Waals surface area contributed by atoms with E-state index in [4.69, 9.17) is 15.2 Å². The van der Waals surface area contributed by atoms with E-state index in [1.807, 2.05) is 0 Å². The van der Waals surface area contributed by atoms with Crippen molar-refractivity contribution in [3.8, 4) is 0 Å². The first-order valence-corrected chi connectivity index (χ1v) is 8.97. The van der Waals surface area contributed by atoms with Gasteiger partial charge in [0.1, 0.15) is 17.2 Å². The fourth-order valence-electron chi connectivity index (χ4n) is 1.90. The van der Waals surface area contributed by atoms with Crippen LogP contribution >= 0.6 is 12.4 Å². The molecule has 0 fully saturated rings. The van der Waals surface area contributed by atoms with Gasteiger partial charge in [-0.05, 0) is 67.7 Å². The van der Waals surface area contributed by atoms with E-state index in [1.165, 1.54) is 0 Å². The number of hydrogen-bond acceptors (Lipinski definition) is 6. The highest BCUT2D eigenvalue weighted by molar-refractivity contribution is 5.87. The summed E-state index contributed by atoms with van der Waals surface area (Å²) in [5.74, 6) is -0.903. The highest BCUT2D eigenvalue weighted by atomic mass is 35.5. The van der Waals surface area contributed by atoms with Crippen molar-refractivity contribution in [3.63, 3.8) is 0 Å². The molecule has 0 unspecified atom stereocenters.